The van der Waals surface area contributed by atoms with E-state index in [4.69, 9.17) is 9.47 Å². The Hall–Kier alpha value is -2.58. The number of benzene rings is 2. The largest absolute Gasteiger partial charge is 0.493 e. The van der Waals surface area contributed by atoms with Crippen molar-refractivity contribution in [3.8, 4) is 11.5 Å². The normalized spacial score (nSPS) is 15.0. The van der Waals surface area contributed by atoms with Crippen LogP contribution in [-0.4, -0.2) is 56.9 Å². The van der Waals surface area contributed by atoms with Crippen molar-refractivity contribution < 1.29 is 22.7 Å². The zero-order valence-electron chi connectivity index (χ0n) is 19.7. The molecular formula is C25H34N2O5S. The van der Waals surface area contributed by atoms with Crippen LogP contribution >= 0.6 is 0 Å². The van der Waals surface area contributed by atoms with Gasteiger partial charge in [-0.1, -0.05) is 18.9 Å². The van der Waals surface area contributed by atoms with Crippen LogP contribution in [0.3, 0.4) is 0 Å². The molecule has 0 aromatic heterocycles. The molecule has 8 heteroatoms. The van der Waals surface area contributed by atoms with Crippen LogP contribution < -0.4 is 9.47 Å². The van der Waals surface area contributed by atoms with Crippen LogP contribution in [0.2, 0.25) is 0 Å². The van der Waals surface area contributed by atoms with Crippen LogP contribution in [0.15, 0.2) is 47.4 Å². The molecule has 0 spiro atoms. The van der Waals surface area contributed by atoms with Gasteiger partial charge in [-0.25, -0.2) is 8.42 Å². The fourth-order valence-electron chi connectivity index (χ4n) is 4.02. The highest BCUT2D eigenvalue weighted by atomic mass is 32.2. The van der Waals surface area contributed by atoms with E-state index in [1.807, 2.05) is 32.0 Å². The minimum atomic E-state index is -3.54. The average molecular weight is 475 g/mol. The number of amides is 1. The van der Waals surface area contributed by atoms with E-state index in [0.717, 1.165) is 31.2 Å². The van der Waals surface area contributed by atoms with Gasteiger partial charge in [0.2, 0.25) is 10.0 Å². The van der Waals surface area contributed by atoms with E-state index >= 15 is 0 Å². The molecule has 1 saturated heterocycles. The first-order valence-electron chi connectivity index (χ1n) is 11.6. The number of methoxy groups -OCH3 is 1. The summed E-state index contributed by atoms with van der Waals surface area (Å²) in [5.74, 6) is 1.14. The zero-order chi connectivity index (χ0) is 23.8. The highest BCUT2D eigenvalue weighted by molar-refractivity contribution is 7.89. The molecule has 0 N–H and O–H groups in total. The van der Waals surface area contributed by atoms with Crippen LogP contribution in [0.25, 0.3) is 0 Å². The lowest BCUT2D eigenvalue weighted by atomic mass is 10.1. The second kappa shape index (κ2) is 11.5. The Morgan fingerprint density at radius 1 is 0.970 bits per heavy atom. The summed E-state index contributed by atoms with van der Waals surface area (Å²) in [7, 11) is -1.95. The zero-order valence-corrected chi connectivity index (χ0v) is 20.6. The van der Waals surface area contributed by atoms with Crippen molar-refractivity contribution in [3.63, 3.8) is 0 Å². The van der Waals surface area contributed by atoms with Crippen molar-refractivity contribution in [2.24, 2.45) is 0 Å². The van der Waals surface area contributed by atoms with Crippen molar-refractivity contribution in [1.82, 2.24) is 9.21 Å². The van der Waals surface area contributed by atoms with Crippen molar-refractivity contribution in [2.75, 3.05) is 33.4 Å². The van der Waals surface area contributed by atoms with E-state index in [2.05, 4.69) is 0 Å². The second-order valence-electron chi connectivity index (χ2n) is 8.08. The van der Waals surface area contributed by atoms with Gasteiger partial charge in [0.15, 0.2) is 11.5 Å². The Balaban J connectivity index is 1.74. The highest BCUT2D eigenvalue weighted by Gasteiger charge is 2.25. The minimum Gasteiger partial charge on any atom is -0.493 e. The number of rotatable bonds is 9. The number of ether oxygens (including phenoxy) is 2. The van der Waals surface area contributed by atoms with E-state index in [-0.39, 0.29) is 10.8 Å². The molecule has 0 unspecified atom stereocenters. The Bertz CT molecular complexity index is 1030. The smallest absolute Gasteiger partial charge is 0.254 e. The highest BCUT2D eigenvalue weighted by Crippen LogP contribution is 2.29. The molecular weight excluding hydrogens is 440 g/mol. The summed E-state index contributed by atoms with van der Waals surface area (Å²) in [6, 6.07) is 11.9. The Morgan fingerprint density at radius 2 is 1.64 bits per heavy atom. The molecule has 1 heterocycles. The van der Waals surface area contributed by atoms with Crippen LogP contribution in [0.1, 0.15) is 55.5 Å². The monoisotopic (exact) mass is 474 g/mol. The molecule has 33 heavy (non-hydrogen) atoms. The van der Waals surface area contributed by atoms with Crippen molar-refractivity contribution in [1.29, 1.82) is 0 Å². The van der Waals surface area contributed by atoms with Gasteiger partial charge in [-0.3, -0.25) is 4.79 Å². The van der Waals surface area contributed by atoms with Gasteiger partial charge in [0, 0.05) is 31.7 Å². The van der Waals surface area contributed by atoms with Gasteiger partial charge in [0.1, 0.15) is 0 Å². The molecule has 0 bridgehead atoms. The summed E-state index contributed by atoms with van der Waals surface area (Å²) < 4.78 is 38.5. The molecule has 1 fully saturated rings. The lowest BCUT2D eigenvalue weighted by Gasteiger charge is -2.22. The number of carbonyl (C=O) groups excluding carboxylic acids is 1. The van der Waals surface area contributed by atoms with Crippen molar-refractivity contribution in [3.05, 3.63) is 53.6 Å². The molecule has 2 aromatic rings. The van der Waals surface area contributed by atoms with Gasteiger partial charge in [-0.15, -0.1) is 0 Å². The number of sulfonamides is 1. The summed E-state index contributed by atoms with van der Waals surface area (Å²) in [6.07, 6.45) is 3.90. The summed E-state index contributed by atoms with van der Waals surface area (Å²) >= 11 is 0. The third-order valence-electron chi connectivity index (χ3n) is 5.87. The molecule has 1 aliphatic rings. The summed E-state index contributed by atoms with van der Waals surface area (Å²) in [4.78, 5) is 15.1. The molecule has 1 aliphatic heterocycles. The standard InChI is InChI=1S/C25H34N2O5S/c1-4-26(19-20-10-15-23(32-5-2)24(18-20)31-3)25(28)21-11-13-22(14-12-21)33(29,30)27-16-8-6-7-9-17-27/h10-15,18H,4-9,16-17,19H2,1-3H3. The van der Waals surface area contributed by atoms with Crippen LogP contribution in [-0.2, 0) is 16.6 Å². The van der Waals surface area contributed by atoms with Gasteiger partial charge >= 0.3 is 0 Å². The summed E-state index contributed by atoms with van der Waals surface area (Å²) in [5, 5.41) is 0. The molecule has 2 aromatic carbocycles. The van der Waals surface area contributed by atoms with Crippen LogP contribution in [0, 0.1) is 0 Å². The number of hydrogen-bond acceptors (Lipinski definition) is 5. The molecule has 3 rings (SSSR count). The third-order valence-corrected chi connectivity index (χ3v) is 7.79. The van der Waals surface area contributed by atoms with Gasteiger partial charge in [-0.05, 0) is 68.7 Å². The van der Waals surface area contributed by atoms with E-state index in [9.17, 15) is 13.2 Å². The van der Waals surface area contributed by atoms with Crippen molar-refractivity contribution in [2.45, 2.75) is 51.0 Å². The first-order valence-corrected chi connectivity index (χ1v) is 13.0. The molecule has 0 aliphatic carbocycles. The summed E-state index contributed by atoms with van der Waals surface area (Å²) in [5.41, 5.74) is 1.38. The van der Waals surface area contributed by atoms with Gasteiger partial charge in [-0.2, -0.15) is 4.31 Å². The fourth-order valence-corrected chi connectivity index (χ4v) is 5.53. The SMILES string of the molecule is CCOc1ccc(CN(CC)C(=O)c2ccc(S(=O)(=O)N3CCCCCC3)cc2)cc1OC. The maximum Gasteiger partial charge on any atom is 0.254 e. The predicted molar refractivity (Wildman–Crippen MR) is 128 cm³/mol. The first kappa shape index (κ1) is 25.1. The number of hydrogen-bond donors (Lipinski definition) is 0. The average Bonchev–Trinajstić information content (AvgIpc) is 3.13. The van der Waals surface area contributed by atoms with Gasteiger partial charge < -0.3 is 14.4 Å². The molecule has 1 amide bonds. The molecule has 0 radical (unpaired) electrons. The third kappa shape index (κ3) is 6.06. The van der Waals surface area contributed by atoms with Gasteiger partial charge in [0.25, 0.3) is 5.91 Å². The molecule has 0 saturated carbocycles. The maximum atomic E-state index is 13.1. The van der Waals surface area contributed by atoms with Gasteiger partial charge in [0.05, 0.1) is 18.6 Å². The quantitative estimate of drug-likeness (QED) is 0.541. The van der Waals surface area contributed by atoms with Crippen LogP contribution in [0.4, 0.5) is 0 Å². The first-order chi connectivity index (χ1) is 15.9. The van der Waals surface area contributed by atoms with E-state index < -0.39 is 10.0 Å². The summed E-state index contributed by atoms with van der Waals surface area (Å²) in [6.45, 7) is 6.40. The van der Waals surface area contributed by atoms with E-state index in [0.29, 0.717) is 49.8 Å². The minimum absolute atomic E-state index is 0.149. The van der Waals surface area contributed by atoms with Crippen molar-refractivity contribution >= 4 is 15.9 Å². The lowest BCUT2D eigenvalue weighted by Crippen LogP contribution is -2.32. The Kier molecular flexibility index (Phi) is 8.74. The fraction of sp³-hybridized carbons (Fsp3) is 0.480. The predicted octanol–water partition coefficient (Wildman–Crippen LogP) is 4.32. The molecule has 0 atom stereocenters. The lowest BCUT2D eigenvalue weighted by molar-refractivity contribution is 0.0752. The second-order valence-corrected chi connectivity index (χ2v) is 10.0. The Labute approximate surface area is 197 Å². The van der Waals surface area contributed by atoms with E-state index in [1.54, 1.807) is 40.6 Å². The van der Waals surface area contributed by atoms with E-state index in [1.165, 1.54) is 0 Å². The maximum absolute atomic E-state index is 13.1. The topological polar surface area (TPSA) is 76.2 Å². The molecule has 180 valence electrons. The van der Waals surface area contributed by atoms with Crippen LogP contribution in [0.5, 0.6) is 11.5 Å². The number of nitrogens with zero attached hydrogens (tertiary/aromatic N) is 2. The Morgan fingerprint density at radius 3 is 2.21 bits per heavy atom. The molecule has 7 nitrogen and oxygen atoms in total. The number of carbonyl (C=O) groups is 1.